The molecule has 2 aromatic rings. The minimum atomic E-state index is -0.381. The third-order valence-electron chi connectivity index (χ3n) is 3.31. The molecule has 0 bridgehead atoms. The standard InChI is InChI=1S/C17H14O4/c1-19-15-9-12-13(10-16(15)20-2)17(18)21-14(12)8-11-6-4-3-5-7-11/h3-10H,1-2H3/b14-8-. The van der Waals surface area contributed by atoms with E-state index in [4.69, 9.17) is 14.2 Å². The van der Waals surface area contributed by atoms with E-state index >= 15 is 0 Å². The van der Waals surface area contributed by atoms with E-state index in [0.717, 1.165) is 5.56 Å². The number of fused-ring (bicyclic) bond motifs is 1. The quantitative estimate of drug-likeness (QED) is 0.810. The summed E-state index contributed by atoms with van der Waals surface area (Å²) in [6.45, 7) is 0. The van der Waals surface area contributed by atoms with Gasteiger partial charge in [-0.1, -0.05) is 30.3 Å². The highest BCUT2D eigenvalue weighted by Gasteiger charge is 2.28. The van der Waals surface area contributed by atoms with Crippen molar-refractivity contribution in [3.63, 3.8) is 0 Å². The molecule has 3 rings (SSSR count). The molecule has 0 unspecified atom stereocenters. The normalized spacial score (nSPS) is 14.8. The number of rotatable bonds is 3. The number of carbonyl (C=O) groups excluding carboxylic acids is 1. The first-order valence-electron chi connectivity index (χ1n) is 6.48. The largest absolute Gasteiger partial charge is 0.493 e. The first-order chi connectivity index (χ1) is 10.2. The minimum Gasteiger partial charge on any atom is -0.493 e. The van der Waals surface area contributed by atoms with Crippen LogP contribution in [0, 0.1) is 0 Å². The highest BCUT2D eigenvalue weighted by Crippen LogP contribution is 2.39. The Bertz CT molecular complexity index is 717. The number of hydrogen-bond donors (Lipinski definition) is 0. The molecule has 0 N–H and O–H groups in total. The van der Waals surface area contributed by atoms with Gasteiger partial charge in [0.1, 0.15) is 5.76 Å². The first-order valence-corrected chi connectivity index (χ1v) is 6.48. The van der Waals surface area contributed by atoms with Gasteiger partial charge in [-0.05, 0) is 23.8 Å². The highest BCUT2D eigenvalue weighted by molar-refractivity contribution is 6.06. The molecular formula is C17H14O4. The molecule has 1 aliphatic heterocycles. The van der Waals surface area contributed by atoms with Crippen LogP contribution in [0.15, 0.2) is 42.5 Å². The molecule has 0 aliphatic carbocycles. The summed E-state index contributed by atoms with van der Waals surface area (Å²) in [6, 6.07) is 13.1. The number of carbonyl (C=O) groups is 1. The Morgan fingerprint density at radius 3 is 2.19 bits per heavy atom. The van der Waals surface area contributed by atoms with E-state index in [1.807, 2.05) is 36.4 Å². The number of cyclic esters (lactones) is 1. The van der Waals surface area contributed by atoms with E-state index < -0.39 is 0 Å². The third-order valence-corrected chi connectivity index (χ3v) is 3.31. The Hall–Kier alpha value is -2.75. The average molecular weight is 282 g/mol. The van der Waals surface area contributed by atoms with Gasteiger partial charge in [0.15, 0.2) is 11.5 Å². The van der Waals surface area contributed by atoms with Crippen molar-refractivity contribution in [2.24, 2.45) is 0 Å². The first kappa shape index (κ1) is 13.2. The molecule has 1 aliphatic rings. The molecule has 0 aromatic heterocycles. The zero-order chi connectivity index (χ0) is 14.8. The summed E-state index contributed by atoms with van der Waals surface area (Å²) in [7, 11) is 3.09. The lowest BCUT2D eigenvalue weighted by Gasteiger charge is -2.08. The number of esters is 1. The molecule has 106 valence electrons. The maximum Gasteiger partial charge on any atom is 0.344 e. The van der Waals surface area contributed by atoms with Gasteiger partial charge in [0.05, 0.1) is 19.8 Å². The Balaban J connectivity index is 2.11. The van der Waals surface area contributed by atoms with Crippen molar-refractivity contribution in [2.45, 2.75) is 0 Å². The maximum atomic E-state index is 12.0. The van der Waals surface area contributed by atoms with Gasteiger partial charge in [-0.15, -0.1) is 0 Å². The second-order valence-electron chi connectivity index (χ2n) is 4.56. The van der Waals surface area contributed by atoms with Crippen molar-refractivity contribution in [3.05, 3.63) is 59.2 Å². The van der Waals surface area contributed by atoms with Gasteiger partial charge in [0.2, 0.25) is 0 Å². The van der Waals surface area contributed by atoms with Gasteiger partial charge in [-0.3, -0.25) is 0 Å². The van der Waals surface area contributed by atoms with E-state index in [1.54, 1.807) is 19.2 Å². The number of ether oxygens (including phenoxy) is 3. The molecule has 0 saturated heterocycles. The van der Waals surface area contributed by atoms with Crippen molar-refractivity contribution in [3.8, 4) is 11.5 Å². The number of hydrogen-bond acceptors (Lipinski definition) is 4. The summed E-state index contributed by atoms with van der Waals surface area (Å²) in [5.74, 6) is 1.21. The Morgan fingerprint density at radius 2 is 1.57 bits per heavy atom. The average Bonchev–Trinajstić information content (AvgIpc) is 2.82. The number of benzene rings is 2. The zero-order valence-corrected chi connectivity index (χ0v) is 11.8. The minimum absolute atomic E-state index is 0.381. The van der Waals surface area contributed by atoms with E-state index in [2.05, 4.69) is 0 Å². The lowest BCUT2D eigenvalue weighted by Crippen LogP contribution is -1.96. The van der Waals surface area contributed by atoms with Crippen LogP contribution in [-0.2, 0) is 4.74 Å². The lowest BCUT2D eigenvalue weighted by atomic mass is 10.1. The van der Waals surface area contributed by atoms with Gasteiger partial charge in [-0.25, -0.2) is 4.79 Å². The SMILES string of the molecule is COc1cc2c(cc1OC)/C(=C/c1ccccc1)OC2=O. The summed E-state index contributed by atoms with van der Waals surface area (Å²) >= 11 is 0. The molecule has 0 fully saturated rings. The monoisotopic (exact) mass is 282 g/mol. The maximum absolute atomic E-state index is 12.0. The van der Waals surface area contributed by atoms with Crippen molar-refractivity contribution >= 4 is 17.8 Å². The smallest absolute Gasteiger partial charge is 0.344 e. The van der Waals surface area contributed by atoms with Crippen molar-refractivity contribution in [1.82, 2.24) is 0 Å². The summed E-state index contributed by atoms with van der Waals surface area (Å²) in [6.07, 6.45) is 1.83. The molecule has 2 aromatic carbocycles. The van der Waals surface area contributed by atoms with Crippen LogP contribution in [0.1, 0.15) is 21.5 Å². The molecule has 1 heterocycles. The van der Waals surface area contributed by atoms with Gasteiger partial charge in [0.25, 0.3) is 0 Å². The van der Waals surface area contributed by atoms with Crippen LogP contribution in [0.25, 0.3) is 11.8 Å². The molecule has 0 atom stereocenters. The van der Waals surface area contributed by atoms with Gasteiger partial charge in [-0.2, -0.15) is 0 Å². The third kappa shape index (κ3) is 2.36. The van der Waals surface area contributed by atoms with Crippen LogP contribution < -0.4 is 9.47 Å². The van der Waals surface area contributed by atoms with Crippen LogP contribution in [-0.4, -0.2) is 20.2 Å². The van der Waals surface area contributed by atoms with E-state index in [9.17, 15) is 4.79 Å². The summed E-state index contributed by atoms with van der Waals surface area (Å²) in [5.41, 5.74) is 2.15. The molecule has 0 saturated carbocycles. The van der Waals surface area contributed by atoms with Crippen molar-refractivity contribution in [1.29, 1.82) is 0 Å². The summed E-state index contributed by atoms with van der Waals surface area (Å²) in [5, 5.41) is 0. The fourth-order valence-electron chi connectivity index (χ4n) is 2.27. The topological polar surface area (TPSA) is 44.8 Å². The van der Waals surface area contributed by atoms with Crippen LogP contribution in [0.2, 0.25) is 0 Å². The molecule has 0 spiro atoms. The van der Waals surface area contributed by atoms with E-state index in [-0.39, 0.29) is 5.97 Å². The molecule has 4 nitrogen and oxygen atoms in total. The second kappa shape index (κ2) is 5.32. The molecule has 4 heteroatoms. The lowest BCUT2D eigenvalue weighted by molar-refractivity contribution is 0.0717. The Labute approximate surface area is 122 Å². The van der Waals surface area contributed by atoms with Crippen molar-refractivity contribution < 1.29 is 19.0 Å². The van der Waals surface area contributed by atoms with Gasteiger partial charge < -0.3 is 14.2 Å². The second-order valence-corrected chi connectivity index (χ2v) is 4.56. The molecule has 0 radical (unpaired) electrons. The summed E-state index contributed by atoms with van der Waals surface area (Å²) in [4.78, 5) is 12.0. The van der Waals surface area contributed by atoms with E-state index in [1.165, 1.54) is 7.11 Å². The Kier molecular flexibility index (Phi) is 3.36. The number of methoxy groups -OCH3 is 2. The fraction of sp³-hybridized carbons (Fsp3) is 0.118. The van der Waals surface area contributed by atoms with Gasteiger partial charge >= 0.3 is 5.97 Å². The van der Waals surface area contributed by atoms with Crippen LogP contribution in [0.5, 0.6) is 11.5 Å². The molecule has 21 heavy (non-hydrogen) atoms. The van der Waals surface area contributed by atoms with Gasteiger partial charge in [0, 0.05) is 5.56 Å². The molecule has 0 amide bonds. The van der Waals surface area contributed by atoms with Crippen LogP contribution in [0.3, 0.4) is 0 Å². The predicted octanol–water partition coefficient (Wildman–Crippen LogP) is 3.37. The van der Waals surface area contributed by atoms with Crippen LogP contribution >= 0.6 is 0 Å². The van der Waals surface area contributed by atoms with E-state index in [0.29, 0.717) is 28.4 Å². The highest BCUT2D eigenvalue weighted by atomic mass is 16.5. The zero-order valence-electron chi connectivity index (χ0n) is 11.8. The fourth-order valence-corrected chi connectivity index (χ4v) is 2.27. The Morgan fingerprint density at radius 1 is 0.952 bits per heavy atom. The molecular weight excluding hydrogens is 268 g/mol. The summed E-state index contributed by atoms with van der Waals surface area (Å²) < 4.78 is 15.8. The van der Waals surface area contributed by atoms with Crippen molar-refractivity contribution in [2.75, 3.05) is 14.2 Å². The predicted molar refractivity (Wildman–Crippen MR) is 79.3 cm³/mol. The van der Waals surface area contributed by atoms with Crippen LogP contribution in [0.4, 0.5) is 0 Å².